The van der Waals surface area contributed by atoms with E-state index in [0.29, 0.717) is 66.6 Å². The number of amides is 4. The first-order valence-corrected chi connectivity index (χ1v) is 24.3. The average molecular weight is 974 g/mol. The molecule has 2 aromatic carbocycles. The van der Waals surface area contributed by atoms with Crippen molar-refractivity contribution >= 4 is 44.6 Å². The molecular formula is C48H59F4N5O10S. The van der Waals surface area contributed by atoms with Crippen LogP contribution in [-0.2, 0) is 29.1 Å². The normalized spacial score (nSPS) is 26.4. The van der Waals surface area contributed by atoms with Crippen molar-refractivity contribution in [1.82, 2.24) is 25.2 Å². The van der Waals surface area contributed by atoms with Crippen LogP contribution in [0.5, 0.6) is 17.4 Å². The number of nitrogens with zero attached hydrogens (tertiary/aromatic N) is 2. The van der Waals surface area contributed by atoms with Gasteiger partial charge in [-0.25, -0.2) is 22.6 Å². The number of methoxy groups -OCH3 is 1. The maximum Gasteiger partial charge on any atom is 0.427 e. The van der Waals surface area contributed by atoms with Crippen LogP contribution in [0.4, 0.5) is 22.4 Å². The molecule has 370 valence electrons. The van der Waals surface area contributed by atoms with Gasteiger partial charge in [-0.15, -0.1) is 0 Å². The van der Waals surface area contributed by atoms with Gasteiger partial charge in [0, 0.05) is 23.3 Å². The number of benzene rings is 2. The van der Waals surface area contributed by atoms with Crippen LogP contribution in [0.3, 0.4) is 0 Å². The van der Waals surface area contributed by atoms with Crippen molar-refractivity contribution in [3.8, 4) is 28.6 Å². The summed E-state index contributed by atoms with van der Waals surface area (Å²) in [7, 11) is -2.97. The fourth-order valence-electron chi connectivity index (χ4n) is 8.90. The monoisotopic (exact) mass is 973 g/mol. The number of nitrogens with one attached hydrogen (secondary N) is 3. The van der Waals surface area contributed by atoms with E-state index >= 15 is 4.79 Å². The van der Waals surface area contributed by atoms with Crippen LogP contribution in [0.15, 0.2) is 60.7 Å². The highest BCUT2D eigenvalue weighted by Crippen LogP contribution is 2.48. The molecule has 15 nitrogen and oxygen atoms in total. The van der Waals surface area contributed by atoms with Gasteiger partial charge in [0.25, 0.3) is 5.91 Å². The van der Waals surface area contributed by atoms with Crippen molar-refractivity contribution in [2.75, 3.05) is 20.3 Å². The van der Waals surface area contributed by atoms with Gasteiger partial charge in [0.15, 0.2) is 0 Å². The Bertz CT molecular complexity index is 2550. The fourth-order valence-corrected chi connectivity index (χ4v) is 10.3. The number of alkyl carbamates (subject to hydrolysis) is 1. The summed E-state index contributed by atoms with van der Waals surface area (Å²) in [5, 5.41) is 6.37. The number of halogens is 4. The lowest BCUT2D eigenvalue weighted by Gasteiger charge is -2.34. The van der Waals surface area contributed by atoms with Gasteiger partial charge >= 0.3 is 12.3 Å². The van der Waals surface area contributed by atoms with E-state index < -0.39 is 92.6 Å². The van der Waals surface area contributed by atoms with Crippen molar-refractivity contribution in [2.45, 2.75) is 133 Å². The van der Waals surface area contributed by atoms with Gasteiger partial charge < -0.3 is 34.5 Å². The Morgan fingerprint density at radius 2 is 1.71 bits per heavy atom. The summed E-state index contributed by atoms with van der Waals surface area (Å²) < 4.78 is 105. The van der Waals surface area contributed by atoms with E-state index in [-0.39, 0.29) is 50.1 Å². The number of aromatic nitrogens is 1. The summed E-state index contributed by atoms with van der Waals surface area (Å²) in [4.78, 5) is 63.3. The summed E-state index contributed by atoms with van der Waals surface area (Å²) in [5.74, 6) is -2.89. The molecule has 20 heteroatoms. The molecule has 0 radical (unpaired) electrons. The zero-order chi connectivity index (χ0) is 49.6. The molecule has 0 spiro atoms. The molecule has 0 bridgehead atoms. The molecule has 2 saturated carbocycles. The van der Waals surface area contributed by atoms with Crippen molar-refractivity contribution in [3.05, 3.63) is 60.7 Å². The molecule has 3 aromatic rings. The third kappa shape index (κ3) is 10.5. The minimum atomic E-state index is -4.95. The van der Waals surface area contributed by atoms with Gasteiger partial charge in [-0.3, -0.25) is 19.1 Å². The summed E-state index contributed by atoms with van der Waals surface area (Å²) >= 11 is 0. The lowest BCUT2D eigenvalue weighted by Crippen LogP contribution is -2.60. The van der Waals surface area contributed by atoms with Gasteiger partial charge in [-0.05, 0) is 132 Å². The topological polar surface area (TPSA) is 192 Å². The molecule has 1 aromatic heterocycles. The second-order valence-corrected chi connectivity index (χ2v) is 21.5. The molecule has 3 N–H and O–H groups in total. The summed E-state index contributed by atoms with van der Waals surface area (Å²) in [5.41, 5.74) is -3.52. The number of fused-ring (bicyclic) bond motifs is 3. The number of alkyl halides is 4. The predicted octanol–water partition coefficient (Wildman–Crippen LogP) is 7.32. The SMILES string of the molecule is COc1ccc2c(OC3CC4C(=O)NC5(C(=O)NS(=O)(=O)C6(CF)CC6)CC5C=CCCC(C)CC(C)C(NC(=O)OC(C)(C)C(F)(F)F)C(=O)N4C3)nc(-c3ccc(OC(C)C)cc3)cc2c1. The third-order valence-corrected chi connectivity index (χ3v) is 15.5. The molecular weight excluding hydrogens is 915 g/mol. The quantitative estimate of drug-likeness (QED) is 0.122. The van der Waals surface area contributed by atoms with E-state index in [1.165, 1.54) is 7.11 Å². The highest BCUT2D eigenvalue weighted by Gasteiger charge is 2.64. The maximum absolute atomic E-state index is 15.0. The van der Waals surface area contributed by atoms with Crippen molar-refractivity contribution in [3.63, 3.8) is 0 Å². The van der Waals surface area contributed by atoms with Crippen molar-refractivity contribution in [1.29, 1.82) is 0 Å². The molecule has 4 aliphatic rings. The van der Waals surface area contributed by atoms with Crippen molar-refractivity contribution < 1.29 is 64.1 Å². The Kier molecular flexibility index (Phi) is 14.1. The number of hydrogen-bond acceptors (Lipinski definition) is 11. The zero-order valence-corrected chi connectivity index (χ0v) is 39.9. The van der Waals surface area contributed by atoms with E-state index in [0.717, 1.165) is 4.90 Å². The van der Waals surface area contributed by atoms with Crippen LogP contribution in [-0.4, -0.2) is 109 Å². The largest absolute Gasteiger partial charge is 0.497 e. The van der Waals surface area contributed by atoms with Crippen LogP contribution in [0.1, 0.15) is 86.5 Å². The first-order chi connectivity index (χ1) is 31.9. The van der Waals surface area contributed by atoms with Crippen LogP contribution in [0.25, 0.3) is 22.0 Å². The molecule has 3 heterocycles. The number of carbonyl (C=O) groups is 4. The molecule has 2 aliphatic carbocycles. The number of sulfonamides is 1. The van der Waals surface area contributed by atoms with Gasteiger partial charge in [0.1, 0.15) is 46.6 Å². The lowest BCUT2D eigenvalue weighted by atomic mass is 9.88. The number of rotatable bonds is 12. The predicted molar refractivity (Wildman–Crippen MR) is 243 cm³/mol. The second-order valence-electron chi connectivity index (χ2n) is 19.4. The van der Waals surface area contributed by atoms with Gasteiger partial charge in [0.2, 0.25) is 33.3 Å². The molecule has 7 rings (SSSR count). The minimum Gasteiger partial charge on any atom is -0.497 e. The number of hydrogen-bond donors (Lipinski definition) is 3. The lowest BCUT2D eigenvalue weighted by molar-refractivity contribution is -0.244. The molecule has 7 atom stereocenters. The zero-order valence-electron chi connectivity index (χ0n) is 39.1. The third-order valence-electron chi connectivity index (χ3n) is 13.4. The van der Waals surface area contributed by atoms with E-state index in [2.05, 4.69) is 10.6 Å². The maximum atomic E-state index is 15.0. The Balaban J connectivity index is 1.26. The average Bonchev–Trinajstić information content (AvgIpc) is 4.17. The van der Waals surface area contributed by atoms with Crippen LogP contribution in [0, 0.1) is 17.8 Å². The molecule has 2 aliphatic heterocycles. The number of pyridine rings is 1. The number of allylic oxidation sites excluding steroid dienone is 1. The number of carbonyl (C=O) groups excluding carboxylic acids is 4. The molecule has 68 heavy (non-hydrogen) atoms. The van der Waals surface area contributed by atoms with Gasteiger partial charge in [-0.1, -0.05) is 26.0 Å². The first-order valence-electron chi connectivity index (χ1n) is 22.8. The highest BCUT2D eigenvalue weighted by molar-refractivity contribution is 7.91. The Labute approximate surface area is 393 Å². The van der Waals surface area contributed by atoms with Crippen LogP contribution >= 0.6 is 0 Å². The summed E-state index contributed by atoms with van der Waals surface area (Å²) in [6, 6.07) is 11.4. The Hall–Kier alpha value is -5.66. The molecule has 1 saturated heterocycles. The van der Waals surface area contributed by atoms with Crippen LogP contribution in [0.2, 0.25) is 0 Å². The second kappa shape index (κ2) is 19.0. The molecule has 4 amide bonds. The van der Waals surface area contributed by atoms with Crippen LogP contribution < -0.4 is 29.6 Å². The first kappa shape index (κ1) is 50.2. The Morgan fingerprint density at radius 3 is 2.34 bits per heavy atom. The van der Waals surface area contributed by atoms with Gasteiger partial charge in [-0.2, -0.15) is 13.2 Å². The molecule has 3 fully saturated rings. The van der Waals surface area contributed by atoms with Crippen molar-refractivity contribution in [2.24, 2.45) is 17.8 Å². The van der Waals surface area contributed by atoms with E-state index in [4.69, 9.17) is 23.9 Å². The smallest absolute Gasteiger partial charge is 0.427 e. The fraction of sp³-hybridized carbons (Fsp3) is 0.562. The van der Waals surface area contributed by atoms with E-state index in [1.54, 1.807) is 43.3 Å². The Morgan fingerprint density at radius 1 is 1.01 bits per heavy atom. The highest BCUT2D eigenvalue weighted by atomic mass is 32.2. The standard InChI is InChI=1S/C48H59F4N5O10S/c1-27(2)65-33-14-12-30(13-15-33)37-22-31-21-34(64-7)16-17-36(31)41(53-37)66-35-23-38-40(58)55-47(43(60)56-68(62,63)46(26-49)18-19-46)24-32(47)11-9-8-10-28(3)20-29(4)39(42(59)57(38)25-35)54-44(61)67-45(5,6)48(50,51)52/h9,11-17,21-22,27-29,32,35,38-39H,8,10,18-20,23-26H2,1-7H3,(H,54,61)(H,55,58)(H,56,60). The van der Waals surface area contributed by atoms with Gasteiger partial charge in [0.05, 0.1) is 25.5 Å². The van der Waals surface area contributed by atoms with E-state index in [1.807, 2.05) is 49.8 Å². The number of ether oxygens (including phenoxy) is 4. The summed E-state index contributed by atoms with van der Waals surface area (Å²) in [6.07, 6.45) is -2.78. The molecule has 7 unspecified atom stereocenters. The minimum absolute atomic E-state index is 0.00580. The summed E-state index contributed by atoms with van der Waals surface area (Å²) in [6.45, 7) is 7.26. The van der Waals surface area contributed by atoms with E-state index in [9.17, 15) is 40.4 Å².